The summed E-state index contributed by atoms with van der Waals surface area (Å²) in [4.78, 5) is 15.5. The van der Waals surface area contributed by atoms with Gasteiger partial charge in [-0.2, -0.15) is 0 Å². The zero-order chi connectivity index (χ0) is 23.6. The zero-order valence-electron chi connectivity index (χ0n) is 19.4. The predicted octanol–water partition coefficient (Wildman–Crippen LogP) is 4.23. The first-order valence-corrected chi connectivity index (χ1v) is 12.8. The standard InChI is InChI=1S/C26H31N3O3S/c1-19-11-13-24(14-12-19)33(31,32)27-17-22-8-7-15-28(18-22)26(30)25-16-20(2)29(21(25)3)23-9-5-4-6-10-23/h4-6,9-14,16,22,27H,7-8,15,17-18H2,1-3H3. The number of rotatable bonds is 6. The molecule has 1 aliphatic rings. The molecule has 1 amide bonds. The molecule has 33 heavy (non-hydrogen) atoms. The Kier molecular flexibility index (Phi) is 6.72. The summed E-state index contributed by atoms with van der Waals surface area (Å²) < 4.78 is 30.1. The molecule has 0 aliphatic carbocycles. The molecule has 3 aromatic rings. The Bertz CT molecular complexity index is 1230. The number of piperidine rings is 1. The Labute approximate surface area is 196 Å². The van der Waals surface area contributed by atoms with E-state index in [1.165, 1.54) is 0 Å². The number of carbonyl (C=O) groups excluding carboxylic acids is 1. The van der Waals surface area contributed by atoms with E-state index in [-0.39, 0.29) is 16.7 Å². The molecule has 7 heteroatoms. The Morgan fingerprint density at radius 2 is 1.73 bits per heavy atom. The van der Waals surface area contributed by atoms with Crippen LogP contribution in [0, 0.1) is 26.7 Å². The number of sulfonamides is 1. The average molecular weight is 466 g/mol. The van der Waals surface area contributed by atoms with Crippen LogP contribution in [0.1, 0.15) is 40.2 Å². The van der Waals surface area contributed by atoms with Crippen LogP contribution < -0.4 is 4.72 Å². The highest BCUT2D eigenvalue weighted by Crippen LogP contribution is 2.25. The number of para-hydroxylation sites is 1. The lowest BCUT2D eigenvalue weighted by molar-refractivity contribution is 0.0675. The number of benzene rings is 2. The molecule has 0 spiro atoms. The molecule has 1 atom stereocenters. The summed E-state index contributed by atoms with van der Waals surface area (Å²) in [6, 6.07) is 18.8. The molecule has 6 nitrogen and oxygen atoms in total. The normalized spacial score (nSPS) is 16.7. The van der Waals surface area contributed by atoms with Crippen molar-refractivity contribution in [3.8, 4) is 5.69 Å². The first-order valence-electron chi connectivity index (χ1n) is 11.4. The van der Waals surface area contributed by atoms with E-state index in [1.54, 1.807) is 24.3 Å². The van der Waals surface area contributed by atoms with Crippen LogP contribution in [-0.4, -0.2) is 43.4 Å². The van der Waals surface area contributed by atoms with Gasteiger partial charge in [-0.15, -0.1) is 0 Å². The molecule has 1 aromatic heterocycles. The number of nitrogens with zero attached hydrogens (tertiary/aromatic N) is 2. The van der Waals surface area contributed by atoms with Gasteiger partial charge in [-0.05, 0) is 69.9 Å². The highest BCUT2D eigenvalue weighted by molar-refractivity contribution is 7.89. The third kappa shape index (κ3) is 5.04. The Hall–Kier alpha value is -2.90. The lowest BCUT2D eigenvalue weighted by atomic mass is 9.97. The summed E-state index contributed by atoms with van der Waals surface area (Å²) in [5.41, 5.74) is 4.69. The second-order valence-electron chi connectivity index (χ2n) is 8.88. The fraction of sp³-hybridized carbons (Fsp3) is 0.346. The molecule has 0 radical (unpaired) electrons. The molecule has 1 unspecified atom stereocenters. The van der Waals surface area contributed by atoms with Gasteiger partial charge >= 0.3 is 0 Å². The molecule has 1 fully saturated rings. The van der Waals surface area contributed by atoms with Gasteiger partial charge in [0.2, 0.25) is 10.0 Å². The van der Waals surface area contributed by atoms with Gasteiger partial charge in [-0.1, -0.05) is 35.9 Å². The molecular formula is C26H31N3O3S. The second kappa shape index (κ2) is 9.53. The zero-order valence-corrected chi connectivity index (χ0v) is 20.2. The maximum absolute atomic E-state index is 13.4. The minimum Gasteiger partial charge on any atom is -0.338 e. The molecule has 1 N–H and O–H groups in total. The average Bonchev–Trinajstić information content (AvgIpc) is 3.12. The lowest BCUT2D eigenvalue weighted by Crippen LogP contribution is -2.43. The predicted molar refractivity (Wildman–Crippen MR) is 130 cm³/mol. The van der Waals surface area contributed by atoms with E-state index in [9.17, 15) is 13.2 Å². The molecular weight excluding hydrogens is 434 g/mol. The van der Waals surface area contributed by atoms with E-state index in [2.05, 4.69) is 9.29 Å². The van der Waals surface area contributed by atoms with E-state index in [4.69, 9.17) is 0 Å². The number of nitrogens with one attached hydrogen (secondary N) is 1. The number of aryl methyl sites for hydroxylation is 2. The monoisotopic (exact) mass is 465 g/mol. The van der Waals surface area contributed by atoms with Crippen LogP contribution in [0.3, 0.4) is 0 Å². The molecule has 174 valence electrons. The Balaban J connectivity index is 1.45. The minimum absolute atomic E-state index is 0.0105. The smallest absolute Gasteiger partial charge is 0.255 e. The number of hydrogen-bond donors (Lipinski definition) is 1. The number of likely N-dealkylation sites (tertiary alicyclic amines) is 1. The summed E-state index contributed by atoms with van der Waals surface area (Å²) in [6.45, 7) is 7.47. The minimum atomic E-state index is -3.56. The molecule has 2 heterocycles. The summed E-state index contributed by atoms with van der Waals surface area (Å²) in [5, 5.41) is 0. The quantitative estimate of drug-likeness (QED) is 0.592. The summed E-state index contributed by atoms with van der Waals surface area (Å²) in [7, 11) is -3.56. The highest BCUT2D eigenvalue weighted by atomic mass is 32.2. The fourth-order valence-electron chi connectivity index (χ4n) is 4.57. The summed E-state index contributed by atoms with van der Waals surface area (Å²) in [6.07, 6.45) is 1.75. The van der Waals surface area contributed by atoms with Gasteiger partial charge in [0, 0.05) is 36.7 Å². The maximum atomic E-state index is 13.4. The number of hydrogen-bond acceptors (Lipinski definition) is 3. The van der Waals surface area contributed by atoms with Crippen LogP contribution in [0.2, 0.25) is 0 Å². The van der Waals surface area contributed by atoms with Crippen molar-refractivity contribution < 1.29 is 13.2 Å². The van der Waals surface area contributed by atoms with Gasteiger partial charge < -0.3 is 9.47 Å². The van der Waals surface area contributed by atoms with Crippen molar-refractivity contribution in [3.63, 3.8) is 0 Å². The number of amides is 1. The van der Waals surface area contributed by atoms with Crippen molar-refractivity contribution in [3.05, 3.63) is 83.2 Å². The molecule has 0 bridgehead atoms. The molecule has 1 aliphatic heterocycles. The first kappa shape index (κ1) is 23.3. The molecule has 1 saturated heterocycles. The van der Waals surface area contributed by atoms with Crippen molar-refractivity contribution >= 4 is 15.9 Å². The van der Waals surface area contributed by atoms with Crippen molar-refractivity contribution in [1.29, 1.82) is 0 Å². The van der Waals surface area contributed by atoms with Crippen LogP contribution >= 0.6 is 0 Å². The third-order valence-corrected chi connectivity index (χ3v) is 7.81. The van der Waals surface area contributed by atoms with E-state index in [0.717, 1.165) is 35.5 Å². The Morgan fingerprint density at radius 3 is 2.42 bits per heavy atom. The van der Waals surface area contributed by atoms with E-state index < -0.39 is 10.0 Å². The van der Waals surface area contributed by atoms with Crippen LogP contribution in [0.15, 0.2) is 65.6 Å². The number of aromatic nitrogens is 1. The Morgan fingerprint density at radius 1 is 1.03 bits per heavy atom. The van der Waals surface area contributed by atoms with Crippen LogP contribution in [-0.2, 0) is 10.0 Å². The van der Waals surface area contributed by atoms with Crippen LogP contribution in [0.4, 0.5) is 0 Å². The van der Waals surface area contributed by atoms with Crippen LogP contribution in [0.5, 0.6) is 0 Å². The largest absolute Gasteiger partial charge is 0.338 e. The highest BCUT2D eigenvalue weighted by Gasteiger charge is 2.28. The van der Waals surface area contributed by atoms with E-state index in [1.807, 2.05) is 62.1 Å². The summed E-state index contributed by atoms with van der Waals surface area (Å²) >= 11 is 0. The fourth-order valence-corrected chi connectivity index (χ4v) is 5.68. The second-order valence-corrected chi connectivity index (χ2v) is 10.6. The van der Waals surface area contributed by atoms with Gasteiger partial charge in [0.05, 0.1) is 10.5 Å². The van der Waals surface area contributed by atoms with Gasteiger partial charge in [0.25, 0.3) is 5.91 Å². The van der Waals surface area contributed by atoms with E-state index >= 15 is 0 Å². The molecule has 2 aromatic carbocycles. The van der Waals surface area contributed by atoms with E-state index in [0.29, 0.717) is 25.2 Å². The molecule has 0 saturated carbocycles. The summed E-state index contributed by atoms with van der Waals surface area (Å²) in [5.74, 6) is 0.0944. The van der Waals surface area contributed by atoms with Crippen molar-refractivity contribution in [2.24, 2.45) is 5.92 Å². The van der Waals surface area contributed by atoms with Gasteiger partial charge in [-0.25, -0.2) is 13.1 Å². The van der Waals surface area contributed by atoms with Gasteiger partial charge in [0.15, 0.2) is 0 Å². The third-order valence-electron chi connectivity index (χ3n) is 6.38. The SMILES string of the molecule is Cc1ccc(S(=O)(=O)NCC2CCCN(C(=O)c3cc(C)n(-c4ccccc4)c3C)C2)cc1. The van der Waals surface area contributed by atoms with Gasteiger partial charge in [-0.3, -0.25) is 4.79 Å². The lowest BCUT2D eigenvalue weighted by Gasteiger charge is -2.33. The van der Waals surface area contributed by atoms with Crippen molar-refractivity contribution in [2.75, 3.05) is 19.6 Å². The van der Waals surface area contributed by atoms with Crippen molar-refractivity contribution in [1.82, 2.24) is 14.2 Å². The van der Waals surface area contributed by atoms with Gasteiger partial charge in [0.1, 0.15) is 0 Å². The van der Waals surface area contributed by atoms with Crippen LogP contribution in [0.25, 0.3) is 5.69 Å². The molecule has 4 rings (SSSR count). The maximum Gasteiger partial charge on any atom is 0.255 e. The van der Waals surface area contributed by atoms with Crippen molar-refractivity contribution in [2.45, 2.75) is 38.5 Å². The topological polar surface area (TPSA) is 71.4 Å². The number of carbonyl (C=O) groups is 1. The first-order chi connectivity index (χ1) is 15.8.